The van der Waals surface area contributed by atoms with Crippen molar-refractivity contribution in [2.24, 2.45) is 0 Å². The molecule has 10 heteroatoms. The molecule has 4 rings (SSSR count). The van der Waals surface area contributed by atoms with Gasteiger partial charge in [-0.1, -0.05) is 31.2 Å². The monoisotopic (exact) mass is 584 g/mol. The first-order valence-corrected chi connectivity index (χ1v) is 14.8. The van der Waals surface area contributed by atoms with Crippen molar-refractivity contribution in [1.29, 1.82) is 0 Å². The third-order valence-corrected chi connectivity index (χ3v) is 7.73. The van der Waals surface area contributed by atoms with Gasteiger partial charge in [0.05, 0.1) is 24.4 Å². The minimum atomic E-state index is -0.753. The van der Waals surface area contributed by atoms with Gasteiger partial charge in [-0.3, -0.25) is 14.5 Å². The smallest absolute Gasteiger partial charge is 0.247 e. The Balaban J connectivity index is 1.57. The second kappa shape index (κ2) is 15.1. The number of amides is 2. The lowest BCUT2D eigenvalue weighted by Crippen LogP contribution is -2.53. The normalized spacial score (nSPS) is 15.7. The van der Waals surface area contributed by atoms with Gasteiger partial charge in [-0.15, -0.1) is 6.42 Å². The number of terminal acetylenes is 1. The zero-order chi connectivity index (χ0) is 30.8. The quantitative estimate of drug-likeness (QED) is 0.193. The van der Waals surface area contributed by atoms with Crippen molar-refractivity contribution in [2.45, 2.75) is 70.4 Å². The molecule has 226 valence electrons. The van der Waals surface area contributed by atoms with Crippen molar-refractivity contribution in [3.63, 3.8) is 0 Å². The Morgan fingerprint density at radius 3 is 2.72 bits per heavy atom. The predicted octanol–water partition coefficient (Wildman–Crippen LogP) is 4.81. The van der Waals surface area contributed by atoms with Crippen LogP contribution in [0.5, 0.6) is 5.75 Å². The van der Waals surface area contributed by atoms with E-state index < -0.39 is 6.04 Å². The third-order valence-electron chi connectivity index (χ3n) is 7.73. The molecule has 1 aromatic heterocycles. The van der Waals surface area contributed by atoms with Gasteiger partial charge in [-0.05, 0) is 70.5 Å². The lowest BCUT2D eigenvalue weighted by Gasteiger charge is -2.32. The van der Waals surface area contributed by atoms with Gasteiger partial charge in [0.25, 0.3) is 0 Å². The van der Waals surface area contributed by atoms with E-state index in [4.69, 9.17) is 11.2 Å². The highest BCUT2D eigenvalue weighted by Gasteiger charge is 2.30. The van der Waals surface area contributed by atoms with E-state index in [-0.39, 0.29) is 23.6 Å². The fraction of sp³-hybridized carbons (Fsp3) is 0.424. The minimum Gasteiger partial charge on any atom is -0.494 e. The number of ether oxygens (including phenoxy) is 1. The lowest BCUT2D eigenvalue weighted by atomic mass is 10.0. The summed E-state index contributed by atoms with van der Waals surface area (Å²) < 4.78 is 5.60. The van der Waals surface area contributed by atoms with Gasteiger partial charge in [0, 0.05) is 29.1 Å². The van der Waals surface area contributed by atoms with E-state index in [0.29, 0.717) is 47.4 Å². The topological polar surface area (TPSA) is 126 Å². The lowest BCUT2D eigenvalue weighted by molar-refractivity contribution is -0.131. The Labute approximate surface area is 253 Å². The molecule has 0 radical (unpaired) electrons. The molecule has 43 heavy (non-hydrogen) atoms. The molecule has 1 aliphatic rings. The molecule has 2 heterocycles. The fourth-order valence-electron chi connectivity index (χ4n) is 5.34. The van der Waals surface area contributed by atoms with Crippen molar-refractivity contribution < 1.29 is 19.1 Å². The highest BCUT2D eigenvalue weighted by molar-refractivity contribution is 6.02. The van der Waals surface area contributed by atoms with E-state index in [9.17, 15) is 14.4 Å². The summed E-state index contributed by atoms with van der Waals surface area (Å²) in [4.78, 5) is 49.2. The first-order chi connectivity index (χ1) is 20.8. The Kier molecular flexibility index (Phi) is 11.1. The van der Waals surface area contributed by atoms with E-state index in [2.05, 4.69) is 31.8 Å². The molecule has 1 saturated heterocycles. The highest BCUT2D eigenvalue weighted by Crippen LogP contribution is 2.33. The maximum absolute atomic E-state index is 13.7. The van der Waals surface area contributed by atoms with Gasteiger partial charge in [-0.25, -0.2) is 9.97 Å². The van der Waals surface area contributed by atoms with Crippen LogP contribution >= 0.6 is 0 Å². The van der Waals surface area contributed by atoms with Crippen molar-refractivity contribution in [3.8, 4) is 18.1 Å². The highest BCUT2D eigenvalue weighted by atomic mass is 16.5. The Morgan fingerprint density at radius 2 is 1.98 bits per heavy atom. The zero-order valence-corrected chi connectivity index (χ0v) is 25.1. The number of likely N-dealkylation sites (tertiary alicyclic amines) is 1. The Bertz CT molecular complexity index is 1500. The van der Waals surface area contributed by atoms with Gasteiger partial charge in [0.1, 0.15) is 29.7 Å². The first-order valence-electron chi connectivity index (χ1n) is 14.8. The van der Waals surface area contributed by atoms with Crippen LogP contribution in [0.25, 0.3) is 10.9 Å². The van der Waals surface area contributed by atoms with Crippen LogP contribution in [0, 0.1) is 12.3 Å². The van der Waals surface area contributed by atoms with Crippen LogP contribution in [0.2, 0.25) is 0 Å². The molecule has 0 saturated carbocycles. The van der Waals surface area contributed by atoms with Crippen molar-refractivity contribution in [2.75, 3.05) is 31.3 Å². The van der Waals surface area contributed by atoms with Crippen LogP contribution in [0.15, 0.2) is 42.7 Å². The number of nitrogens with zero attached hydrogens (tertiary/aromatic N) is 3. The summed E-state index contributed by atoms with van der Waals surface area (Å²) in [7, 11) is 3.46. The SMILES string of the molecule is C#Cc1cccc(Nc2ncnc3cc(OC)c(NC(=O)[C@H](CCCCCC(C)=O)NC(=O)C4CCCCN4C)cc23)c1. The number of piperidine rings is 1. The number of rotatable bonds is 13. The Hall–Kier alpha value is -4.49. The van der Waals surface area contributed by atoms with Crippen LogP contribution in [-0.2, 0) is 14.4 Å². The number of anilines is 3. The summed E-state index contributed by atoms with van der Waals surface area (Å²) in [5, 5.41) is 9.95. The number of methoxy groups -OCH3 is 1. The van der Waals surface area contributed by atoms with Crippen molar-refractivity contribution >= 4 is 45.7 Å². The van der Waals surface area contributed by atoms with Crippen molar-refractivity contribution in [3.05, 3.63) is 48.3 Å². The van der Waals surface area contributed by atoms with Crippen LogP contribution in [0.4, 0.5) is 17.2 Å². The molecule has 3 aromatic rings. The molecule has 0 bridgehead atoms. The molecule has 3 N–H and O–H groups in total. The van der Waals surface area contributed by atoms with Gasteiger partial charge >= 0.3 is 0 Å². The van der Waals surface area contributed by atoms with Crippen LogP contribution in [0.3, 0.4) is 0 Å². The largest absolute Gasteiger partial charge is 0.494 e. The average molecular weight is 585 g/mol. The molecule has 0 aliphatic carbocycles. The van der Waals surface area contributed by atoms with Gasteiger partial charge < -0.3 is 25.5 Å². The van der Waals surface area contributed by atoms with E-state index in [1.165, 1.54) is 13.4 Å². The molecule has 2 aromatic carbocycles. The standard InChI is InChI=1S/C33H40N6O4/c1-5-23-13-11-14-24(18-23)36-31-25-19-28(30(43-4)20-27(25)34-21-35-31)38-32(41)26(15-8-6-7-12-22(2)40)37-33(42)29-16-9-10-17-39(29)3/h1,11,13-14,18-21,26,29H,6-10,12,15-17H2,2-4H3,(H,37,42)(H,38,41)(H,34,35,36)/t26-,29?/m0/s1. The first kappa shape index (κ1) is 31.4. The number of hydrogen-bond acceptors (Lipinski definition) is 8. The molecule has 1 unspecified atom stereocenters. The van der Waals surface area contributed by atoms with Crippen LogP contribution < -0.4 is 20.7 Å². The second-order valence-corrected chi connectivity index (χ2v) is 11.0. The molecular formula is C33H40N6O4. The summed E-state index contributed by atoms with van der Waals surface area (Å²) in [6, 6.07) is 9.90. The van der Waals surface area contributed by atoms with E-state index in [1.807, 2.05) is 36.2 Å². The second-order valence-electron chi connectivity index (χ2n) is 11.0. The average Bonchev–Trinajstić information content (AvgIpc) is 3.00. The number of fused-ring (bicyclic) bond motifs is 1. The maximum atomic E-state index is 13.7. The number of likely N-dealkylation sites (N-methyl/N-ethyl adjacent to an activating group) is 1. The number of benzene rings is 2. The van der Waals surface area contributed by atoms with E-state index >= 15 is 0 Å². The molecule has 1 aliphatic heterocycles. The van der Waals surface area contributed by atoms with Crippen LogP contribution in [0.1, 0.15) is 63.9 Å². The molecule has 2 amide bonds. The summed E-state index contributed by atoms with van der Waals surface area (Å²) in [6.45, 7) is 2.42. The fourth-order valence-corrected chi connectivity index (χ4v) is 5.34. The number of aromatic nitrogens is 2. The molecule has 10 nitrogen and oxygen atoms in total. The summed E-state index contributed by atoms with van der Waals surface area (Å²) >= 11 is 0. The maximum Gasteiger partial charge on any atom is 0.247 e. The summed E-state index contributed by atoms with van der Waals surface area (Å²) in [5.41, 5.74) is 2.54. The van der Waals surface area contributed by atoms with Gasteiger partial charge in [0.2, 0.25) is 11.8 Å². The number of hydrogen-bond donors (Lipinski definition) is 3. The summed E-state index contributed by atoms with van der Waals surface area (Å²) in [5.74, 6) is 3.24. The third kappa shape index (κ3) is 8.52. The molecular weight excluding hydrogens is 544 g/mol. The van der Waals surface area contributed by atoms with Crippen molar-refractivity contribution in [1.82, 2.24) is 20.2 Å². The summed E-state index contributed by atoms with van der Waals surface area (Å²) in [6.07, 6.45) is 13.0. The van der Waals surface area contributed by atoms with Gasteiger partial charge in [0.15, 0.2) is 0 Å². The van der Waals surface area contributed by atoms with E-state index in [1.54, 1.807) is 19.1 Å². The van der Waals surface area contributed by atoms with E-state index in [0.717, 1.165) is 49.9 Å². The van der Waals surface area contributed by atoms with Gasteiger partial charge in [-0.2, -0.15) is 0 Å². The Morgan fingerprint density at radius 1 is 1.14 bits per heavy atom. The molecule has 1 fully saturated rings. The van der Waals surface area contributed by atoms with Crippen LogP contribution in [-0.4, -0.2) is 65.3 Å². The number of carbonyl (C=O) groups excluding carboxylic acids is 3. The zero-order valence-electron chi connectivity index (χ0n) is 25.1. The minimum absolute atomic E-state index is 0.146. The number of nitrogens with one attached hydrogen (secondary N) is 3. The number of Topliss-reactive ketones (excluding diaryl/α,β-unsaturated/α-hetero) is 1. The molecule has 0 spiro atoms. The molecule has 2 atom stereocenters. The predicted molar refractivity (Wildman–Crippen MR) is 168 cm³/mol. The number of carbonyl (C=O) groups is 3. The number of unbranched alkanes of at least 4 members (excludes halogenated alkanes) is 2. The number of ketones is 1.